The molecule has 0 aliphatic heterocycles. The number of esters is 1. The lowest BCUT2D eigenvalue weighted by Crippen LogP contribution is -2.46. The van der Waals surface area contributed by atoms with Gasteiger partial charge in [0, 0.05) is 13.5 Å². The lowest BCUT2D eigenvalue weighted by atomic mass is 9.87. The molecule has 1 aliphatic carbocycles. The molecule has 0 unspecified atom stereocenters. The number of ether oxygens (including phenoxy) is 1. The molecule has 3 N–H and O–H groups in total. The number of carbonyl (C=O) groups is 3. The van der Waals surface area contributed by atoms with Gasteiger partial charge in [-0.1, -0.05) is 54.6 Å². The maximum absolute atomic E-state index is 12.7. The number of fused-ring (bicyclic) bond motifs is 1. The molecule has 0 aromatic heterocycles. The molecule has 0 spiro atoms. The fourth-order valence-electron chi connectivity index (χ4n) is 3.85. The van der Waals surface area contributed by atoms with Gasteiger partial charge in [-0.2, -0.15) is 0 Å². The summed E-state index contributed by atoms with van der Waals surface area (Å²) >= 11 is 0. The fourth-order valence-corrected chi connectivity index (χ4v) is 3.85. The number of nitrogens with zero attached hydrogens (tertiary/aromatic N) is 1. The van der Waals surface area contributed by atoms with Gasteiger partial charge in [-0.25, -0.2) is 9.59 Å². The van der Waals surface area contributed by atoms with Gasteiger partial charge in [-0.3, -0.25) is 4.79 Å². The Balaban J connectivity index is 1.61. The highest BCUT2D eigenvalue weighted by atomic mass is 16.5. The standard InChI is InChI=1S/C23H27N3O4/c1-26(20-13-7-11-17-10-5-6-12-18(17)20)21(27)15-30-22(28)19(25-23(24)29)14-16-8-3-2-4-9-16/h2-6,8-10,12,19-20H,7,11,13-15H2,1H3,(H3,24,25,29)/t19-,20-/m0/s1. The second kappa shape index (κ2) is 9.91. The summed E-state index contributed by atoms with van der Waals surface area (Å²) < 4.78 is 5.24. The molecule has 0 radical (unpaired) electrons. The van der Waals surface area contributed by atoms with Crippen molar-refractivity contribution in [3.8, 4) is 0 Å². The molecule has 0 heterocycles. The van der Waals surface area contributed by atoms with Crippen LogP contribution < -0.4 is 11.1 Å². The van der Waals surface area contributed by atoms with Crippen LogP contribution in [0.4, 0.5) is 4.79 Å². The van der Waals surface area contributed by atoms with E-state index in [1.807, 2.05) is 48.5 Å². The van der Waals surface area contributed by atoms with Crippen molar-refractivity contribution < 1.29 is 19.1 Å². The molecule has 158 valence electrons. The summed E-state index contributed by atoms with van der Waals surface area (Å²) in [4.78, 5) is 38.2. The Kier molecular flexibility index (Phi) is 7.06. The van der Waals surface area contributed by atoms with Crippen molar-refractivity contribution in [3.05, 3.63) is 71.3 Å². The molecule has 30 heavy (non-hydrogen) atoms. The first-order valence-electron chi connectivity index (χ1n) is 10.1. The summed E-state index contributed by atoms with van der Waals surface area (Å²) in [5.74, 6) is -0.981. The van der Waals surface area contributed by atoms with Gasteiger partial charge < -0.3 is 20.7 Å². The number of amides is 3. The summed E-state index contributed by atoms with van der Waals surface area (Å²) in [6, 6.07) is 15.5. The first-order chi connectivity index (χ1) is 14.5. The first kappa shape index (κ1) is 21.4. The van der Waals surface area contributed by atoms with Crippen LogP contribution in [0.25, 0.3) is 0 Å². The lowest BCUT2D eigenvalue weighted by molar-refractivity contribution is -0.154. The van der Waals surface area contributed by atoms with Gasteiger partial charge in [-0.05, 0) is 36.0 Å². The van der Waals surface area contributed by atoms with E-state index in [4.69, 9.17) is 10.5 Å². The molecule has 7 nitrogen and oxygen atoms in total. The van der Waals surface area contributed by atoms with Crippen LogP contribution in [-0.4, -0.2) is 42.5 Å². The predicted molar refractivity (Wildman–Crippen MR) is 113 cm³/mol. The van der Waals surface area contributed by atoms with E-state index in [0.717, 1.165) is 30.4 Å². The fraction of sp³-hybridized carbons (Fsp3) is 0.348. The third-order valence-corrected chi connectivity index (χ3v) is 5.42. The molecule has 2 aromatic carbocycles. The Morgan fingerprint density at radius 1 is 1.13 bits per heavy atom. The normalized spacial score (nSPS) is 16.1. The van der Waals surface area contributed by atoms with Crippen molar-refractivity contribution >= 4 is 17.9 Å². The number of carbonyl (C=O) groups excluding carboxylic acids is 3. The molecule has 7 heteroatoms. The van der Waals surface area contributed by atoms with E-state index in [1.54, 1.807) is 11.9 Å². The number of nitrogens with one attached hydrogen (secondary N) is 1. The third kappa shape index (κ3) is 5.37. The molecule has 2 atom stereocenters. The smallest absolute Gasteiger partial charge is 0.329 e. The summed E-state index contributed by atoms with van der Waals surface area (Å²) in [5, 5.41) is 2.40. The minimum atomic E-state index is -0.960. The first-order valence-corrected chi connectivity index (χ1v) is 10.1. The van der Waals surface area contributed by atoms with E-state index in [9.17, 15) is 14.4 Å². The molecule has 0 fully saturated rings. The molecular formula is C23H27N3O4. The quantitative estimate of drug-likeness (QED) is 0.685. The van der Waals surface area contributed by atoms with Crippen LogP contribution >= 0.6 is 0 Å². The Bertz CT molecular complexity index is 900. The molecule has 2 aromatic rings. The number of likely N-dealkylation sites (N-methyl/N-ethyl adjacent to an activating group) is 1. The van der Waals surface area contributed by atoms with Crippen LogP contribution in [-0.2, 0) is 27.2 Å². The average molecular weight is 409 g/mol. The van der Waals surface area contributed by atoms with E-state index in [-0.39, 0.29) is 25.0 Å². The van der Waals surface area contributed by atoms with Gasteiger partial charge >= 0.3 is 12.0 Å². The lowest BCUT2D eigenvalue weighted by Gasteiger charge is -2.33. The second-order valence-corrected chi connectivity index (χ2v) is 7.47. The van der Waals surface area contributed by atoms with E-state index >= 15 is 0 Å². The summed E-state index contributed by atoms with van der Waals surface area (Å²) in [5.41, 5.74) is 8.43. The highest BCUT2D eigenvalue weighted by Gasteiger charge is 2.28. The molecule has 1 aliphatic rings. The van der Waals surface area contributed by atoms with Gasteiger partial charge in [0.25, 0.3) is 5.91 Å². The van der Waals surface area contributed by atoms with Crippen LogP contribution in [0, 0.1) is 0 Å². The van der Waals surface area contributed by atoms with Gasteiger partial charge in [-0.15, -0.1) is 0 Å². The van der Waals surface area contributed by atoms with Crippen LogP contribution in [0.1, 0.15) is 35.6 Å². The van der Waals surface area contributed by atoms with Crippen molar-refractivity contribution in [3.63, 3.8) is 0 Å². The van der Waals surface area contributed by atoms with Crippen LogP contribution in [0.5, 0.6) is 0 Å². The summed E-state index contributed by atoms with van der Waals surface area (Å²) in [6.07, 6.45) is 3.10. The monoisotopic (exact) mass is 409 g/mol. The SMILES string of the molecule is CN(C(=O)COC(=O)[C@H](Cc1ccccc1)NC(N)=O)[C@H]1CCCc2ccccc21. The molecule has 0 bridgehead atoms. The topological polar surface area (TPSA) is 102 Å². The highest BCUT2D eigenvalue weighted by Crippen LogP contribution is 2.33. The van der Waals surface area contributed by atoms with Crippen molar-refractivity contribution in [2.24, 2.45) is 5.73 Å². The highest BCUT2D eigenvalue weighted by molar-refractivity contribution is 5.85. The van der Waals surface area contributed by atoms with Crippen molar-refractivity contribution in [2.75, 3.05) is 13.7 Å². The number of nitrogens with two attached hydrogens (primary N) is 1. The van der Waals surface area contributed by atoms with Gasteiger partial charge in [0.1, 0.15) is 6.04 Å². The Hall–Kier alpha value is -3.35. The maximum Gasteiger partial charge on any atom is 0.329 e. The maximum atomic E-state index is 12.7. The number of primary amides is 1. The zero-order valence-electron chi connectivity index (χ0n) is 17.0. The van der Waals surface area contributed by atoms with E-state index in [2.05, 4.69) is 11.4 Å². The number of benzene rings is 2. The Labute approximate surface area is 176 Å². The molecule has 3 rings (SSSR count). The second-order valence-electron chi connectivity index (χ2n) is 7.47. The molecule has 0 saturated heterocycles. The third-order valence-electron chi connectivity index (χ3n) is 5.42. The van der Waals surface area contributed by atoms with E-state index < -0.39 is 18.0 Å². The van der Waals surface area contributed by atoms with E-state index in [0.29, 0.717) is 0 Å². The number of hydrogen-bond donors (Lipinski definition) is 2. The largest absolute Gasteiger partial charge is 0.454 e. The van der Waals surface area contributed by atoms with Crippen molar-refractivity contribution in [1.29, 1.82) is 0 Å². The summed E-state index contributed by atoms with van der Waals surface area (Å²) in [7, 11) is 1.73. The number of aryl methyl sites for hydroxylation is 1. The van der Waals surface area contributed by atoms with Crippen molar-refractivity contribution in [1.82, 2.24) is 10.2 Å². The number of rotatable bonds is 7. The van der Waals surface area contributed by atoms with E-state index in [1.165, 1.54) is 5.56 Å². The zero-order valence-corrected chi connectivity index (χ0v) is 17.0. The Morgan fingerprint density at radius 3 is 2.57 bits per heavy atom. The summed E-state index contributed by atoms with van der Waals surface area (Å²) in [6.45, 7) is -0.389. The zero-order chi connectivity index (χ0) is 21.5. The number of urea groups is 1. The van der Waals surface area contributed by atoms with Crippen LogP contribution in [0.2, 0.25) is 0 Å². The molecule has 3 amide bonds. The molecular weight excluding hydrogens is 382 g/mol. The van der Waals surface area contributed by atoms with Gasteiger partial charge in [0.15, 0.2) is 6.61 Å². The minimum absolute atomic E-state index is 0.0370. The van der Waals surface area contributed by atoms with Crippen LogP contribution in [0.3, 0.4) is 0 Å². The predicted octanol–water partition coefficient (Wildman–Crippen LogP) is 2.35. The number of hydrogen-bond acceptors (Lipinski definition) is 4. The minimum Gasteiger partial charge on any atom is -0.454 e. The van der Waals surface area contributed by atoms with Crippen molar-refractivity contribution in [2.45, 2.75) is 37.8 Å². The molecule has 0 saturated carbocycles. The average Bonchev–Trinajstić information content (AvgIpc) is 2.76. The van der Waals surface area contributed by atoms with Gasteiger partial charge in [0.2, 0.25) is 0 Å². The van der Waals surface area contributed by atoms with Gasteiger partial charge in [0.05, 0.1) is 6.04 Å². The van der Waals surface area contributed by atoms with Crippen LogP contribution in [0.15, 0.2) is 54.6 Å². The Morgan fingerprint density at radius 2 is 1.83 bits per heavy atom.